The zero-order valence-electron chi connectivity index (χ0n) is 21.9. The predicted octanol–water partition coefficient (Wildman–Crippen LogP) is -2.74. The first-order valence-corrected chi connectivity index (χ1v) is 9.94. The Hall–Kier alpha value is -4.52. The van der Waals surface area contributed by atoms with Crippen LogP contribution in [0.1, 0.15) is 0 Å². The van der Waals surface area contributed by atoms with E-state index in [1.807, 2.05) is 0 Å². The molecule has 17 heteroatoms. The van der Waals surface area contributed by atoms with E-state index in [1.54, 1.807) is 0 Å². The molecule has 0 saturated carbocycles. The van der Waals surface area contributed by atoms with Gasteiger partial charge in [0.25, 0.3) is 0 Å². The topological polar surface area (TPSA) is 197 Å². The Balaban J connectivity index is -0.0000000840. The average Bonchev–Trinajstić information content (AvgIpc) is 2.79. The molecule has 0 heterocycles. The third-order valence-corrected chi connectivity index (χ3v) is 3.25. The molecule has 4 unspecified atom stereocenters. The van der Waals surface area contributed by atoms with E-state index in [1.165, 1.54) is 0 Å². The summed E-state index contributed by atoms with van der Waals surface area (Å²) in [5.74, 6) is -0.222. The summed E-state index contributed by atoms with van der Waals surface area (Å²) in [4.78, 5) is 0. The molecular weight excluding hydrogens is 1520 g/mol. The monoisotopic (exact) mass is 1560 g/mol. The summed E-state index contributed by atoms with van der Waals surface area (Å²) in [6.07, 6.45) is -3.04. The van der Waals surface area contributed by atoms with E-state index in [0.717, 1.165) is 0 Å². The molecule has 0 bridgehead atoms. The van der Waals surface area contributed by atoms with Crippen LogP contribution in [0.3, 0.4) is 0 Å². The molecule has 13 nitrogen and oxygen atoms in total. The van der Waals surface area contributed by atoms with Gasteiger partial charge in [0.2, 0.25) is 0 Å². The quantitative estimate of drug-likeness (QED) is 0.0660. The molecule has 37 heavy (non-hydrogen) atoms. The van der Waals surface area contributed by atoms with Crippen LogP contribution in [0.4, 0.5) is 0 Å². The van der Waals surface area contributed by atoms with Crippen LogP contribution in [-0.2, 0) is 28.4 Å². The second-order valence-electron chi connectivity index (χ2n) is 6.59. The van der Waals surface area contributed by atoms with Crippen molar-refractivity contribution in [1.82, 2.24) is 0 Å². The minimum absolute atomic E-state index is 0. The second-order valence-corrected chi connectivity index (χ2v) is 6.59. The molecule has 4 atom stereocenters. The molecular formula is C20H42O13Rf4-4. The van der Waals surface area contributed by atoms with Gasteiger partial charge >= 0.3 is 0 Å². The van der Waals surface area contributed by atoms with Crippen molar-refractivity contribution in [3.63, 3.8) is 0 Å². The van der Waals surface area contributed by atoms with Crippen LogP contribution in [0, 0.1) is 34.4 Å². The standard InChI is InChI=1S/C12H24O7.2C4H9O3.4Rf/c1-16-6-11(14)8-18-4-10(3-13)5-19-9-12(15)7-17-2;2*1-7-3-4(6)2-5;;;;/h10-15H,1-9H2;2*4-6H,1-3H2;;;;/q-2;2*-1;;;;. The predicted molar refractivity (Wildman–Crippen MR) is 116 cm³/mol. The second kappa shape index (κ2) is 38.7. The first kappa shape index (κ1) is 49.6. The van der Waals surface area contributed by atoms with Crippen LogP contribution >= 0.6 is 0 Å². The molecule has 0 aliphatic carbocycles. The summed E-state index contributed by atoms with van der Waals surface area (Å²) in [6, 6.07) is 0. The van der Waals surface area contributed by atoms with Gasteiger partial charge in [0, 0.05) is 32.3 Å². The number of aliphatic hydroxyl groups excluding tert-OH is 7. The zero-order chi connectivity index (χ0) is 25.9. The van der Waals surface area contributed by atoms with Crippen LogP contribution < -0.4 is 0 Å². The Morgan fingerprint density at radius 2 is 0.676 bits per heavy atom. The summed E-state index contributed by atoms with van der Waals surface area (Å²) >= 11 is 0. The molecule has 0 spiro atoms. The number of rotatable bonds is 19. The van der Waals surface area contributed by atoms with Gasteiger partial charge in [-0.25, -0.2) is 28.4 Å². The van der Waals surface area contributed by atoms with Crippen molar-refractivity contribution < 1.29 is 64.2 Å². The Kier molecular flexibility index (Phi) is 51.9. The van der Waals surface area contributed by atoms with E-state index in [-0.39, 0.29) is 78.6 Å². The van der Waals surface area contributed by atoms with Gasteiger partial charge in [-0.15, -0.1) is 0 Å². The van der Waals surface area contributed by atoms with E-state index in [4.69, 9.17) is 35.0 Å². The first-order chi connectivity index (χ1) is 15.7. The van der Waals surface area contributed by atoms with Crippen LogP contribution in [0.15, 0.2) is 0 Å². The normalized spacial score (nSPS) is 13.7. The molecule has 212 valence electrons. The molecule has 0 fully saturated rings. The van der Waals surface area contributed by atoms with Gasteiger partial charge in [0.1, 0.15) is 0 Å². The van der Waals surface area contributed by atoms with Crippen LogP contribution in [0.25, 0.3) is 0 Å². The molecule has 0 rings (SSSR count). The van der Waals surface area contributed by atoms with Crippen LogP contribution in [-0.4, -0.2) is 133 Å². The molecule has 0 aliphatic rings. The number of aliphatic hydroxyl groups is 7. The summed E-state index contributed by atoms with van der Waals surface area (Å²) in [5.41, 5.74) is 0. The van der Waals surface area contributed by atoms with E-state index in [9.17, 15) is 10.2 Å². The SMILES string of the molecule is [CH2-]OCC(O)CO.[CH2-]OCC(O)CO.[CH2-]OCC(O)COCC(CO)COCC(O)CO[CH2-].[Rf].[Rf].[Rf].[Rf]. The Morgan fingerprint density at radius 1 is 0.405 bits per heavy atom. The smallest absolute Gasteiger partial charge is 0.0976 e. The zero-order valence-corrected chi connectivity index (χ0v) is 47.5. The van der Waals surface area contributed by atoms with Gasteiger partial charge in [0.15, 0.2) is 0 Å². The fourth-order valence-electron chi connectivity index (χ4n) is 1.64. The van der Waals surface area contributed by atoms with Gasteiger partial charge in [-0.1, -0.05) is 0 Å². The van der Waals surface area contributed by atoms with E-state index >= 15 is 0 Å². The van der Waals surface area contributed by atoms with Crippen molar-refractivity contribution in [2.45, 2.75) is 24.4 Å². The summed E-state index contributed by atoms with van der Waals surface area (Å²) in [5, 5.41) is 60.8. The van der Waals surface area contributed by atoms with Gasteiger partial charge in [-0.2, -0.15) is 0 Å². The Morgan fingerprint density at radius 3 is 0.865 bits per heavy atom. The maximum Gasteiger partial charge on any atom is 0.0976 e. The van der Waals surface area contributed by atoms with Crippen LogP contribution in [0.5, 0.6) is 0 Å². The maximum atomic E-state index is 9.31. The van der Waals surface area contributed by atoms with E-state index < -0.39 is 24.4 Å². The molecule has 7 N–H and O–H groups in total. The molecule has 0 aromatic rings. The van der Waals surface area contributed by atoms with Crippen LogP contribution in [0.2, 0.25) is 0 Å². The maximum absolute atomic E-state index is 9.31. The van der Waals surface area contributed by atoms with Gasteiger partial charge in [-0.3, -0.25) is 0 Å². The number of hydrogen-bond acceptors (Lipinski definition) is 13. The van der Waals surface area contributed by atoms with E-state index in [0.29, 0.717) is 0 Å². The van der Waals surface area contributed by atoms with Gasteiger partial charge < -0.3 is 64.2 Å². The molecule has 0 aromatic carbocycles. The third-order valence-electron chi connectivity index (χ3n) is 3.25. The average molecular weight is 1560 g/mol. The van der Waals surface area contributed by atoms with Crippen molar-refractivity contribution in [1.29, 1.82) is 0 Å². The van der Waals surface area contributed by atoms with Crippen molar-refractivity contribution in [2.24, 2.45) is 5.92 Å². The molecule has 0 saturated heterocycles. The molecule has 0 aromatic heterocycles. The molecule has 0 radical (unpaired) electrons. The van der Waals surface area contributed by atoms with Gasteiger partial charge in [0.05, 0.1) is 70.7 Å². The van der Waals surface area contributed by atoms with Crippen molar-refractivity contribution in [3.05, 3.63) is 28.4 Å². The number of hydrogen-bond donors (Lipinski definition) is 7. The minimum Gasteiger partial charge on any atom is -0.553 e. The first-order valence-electron chi connectivity index (χ1n) is 9.94. The van der Waals surface area contributed by atoms with Crippen molar-refractivity contribution in [3.8, 4) is 0 Å². The fraction of sp³-hybridized carbons (Fsp3) is 0.800. The Bertz CT molecular complexity index is 340. The minimum atomic E-state index is -0.780. The molecule has 0 amide bonds. The third kappa shape index (κ3) is 42.1. The van der Waals surface area contributed by atoms with E-state index in [2.05, 4.69) is 47.4 Å². The summed E-state index contributed by atoms with van der Waals surface area (Å²) in [7, 11) is 12.3. The summed E-state index contributed by atoms with van der Waals surface area (Å²) in [6.45, 7) is 0.421. The Labute approximate surface area is 196 Å². The largest absolute Gasteiger partial charge is 0.553 e. The van der Waals surface area contributed by atoms with Crippen molar-refractivity contribution >= 4 is 0 Å². The van der Waals surface area contributed by atoms with Crippen molar-refractivity contribution in [2.75, 3.05) is 72.7 Å². The number of ether oxygens (including phenoxy) is 6. The fourth-order valence-corrected chi connectivity index (χ4v) is 1.64. The van der Waals surface area contributed by atoms with Gasteiger partial charge in [-0.05, 0) is 0 Å². The molecule has 0 aliphatic heterocycles. The summed E-state index contributed by atoms with van der Waals surface area (Å²) < 4.78 is 27.9.